The molecule has 0 aliphatic carbocycles. The topological polar surface area (TPSA) is 76.3 Å². The van der Waals surface area contributed by atoms with Crippen LogP contribution in [0, 0.1) is 5.92 Å². The number of fused-ring (bicyclic) bond motifs is 1. The Balaban J connectivity index is 0.00000182. The van der Waals surface area contributed by atoms with Gasteiger partial charge in [0.15, 0.2) is 0 Å². The van der Waals surface area contributed by atoms with Crippen LogP contribution < -0.4 is 20.7 Å². The van der Waals surface area contributed by atoms with Gasteiger partial charge in [-0.15, -0.1) is 12.4 Å². The Morgan fingerprint density at radius 1 is 1.24 bits per heavy atom. The Kier molecular flexibility index (Phi) is 5.30. The molecule has 6 nitrogen and oxygen atoms in total. The number of halogens is 1. The molecule has 2 atom stereocenters. The Bertz CT molecular complexity index is 727. The van der Waals surface area contributed by atoms with E-state index in [2.05, 4.69) is 20.2 Å². The number of hydrogen-bond acceptors (Lipinski definition) is 6. The molecule has 2 saturated heterocycles. The predicted molar refractivity (Wildman–Crippen MR) is 102 cm³/mol. The van der Waals surface area contributed by atoms with Crippen molar-refractivity contribution in [2.75, 3.05) is 37.4 Å². The van der Waals surface area contributed by atoms with Crippen LogP contribution in [-0.4, -0.2) is 42.8 Å². The number of nitrogens with one attached hydrogen (secondary N) is 1. The Morgan fingerprint density at radius 3 is 2.92 bits per heavy atom. The summed E-state index contributed by atoms with van der Waals surface area (Å²) in [5.41, 5.74) is 7.80. The minimum Gasteiger partial charge on any atom is -0.497 e. The quantitative estimate of drug-likeness (QED) is 0.873. The molecule has 1 aromatic carbocycles. The summed E-state index contributed by atoms with van der Waals surface area (Å²) in [5.74, 6) is 2.74. The van der Waals surface area contributed by atoms with Gasteiger partial charge in [0.05, 0.1) is 12.8 Å². The zero-order valence-electron chi connectivity index (χ0n) is 14.3. The summed E-state index contributed by atoms with van der Waals surface area (Å²) >= 11 is 0. The van der Waals surface area contributed by atoms with Gasteiger partial charge in [0, 0.05) is 30.8 Å². The molecule has 2 aromatic rings. The van der Waals surface area contributed by atoms with E-state index < -0.39 is 0 Å². The van der Waals surface area contributed by atoms with E-state index in [9.17, 15) is 0 Å². The Morgan fingerprint density at radius 2 is 2.12 bits per heavy atom. The monoisotopic (exact) mass is 361 g/mol. The van der Waals surface area contributed by atoms with Crippen LogP contribution in [-0.2, 0) is 0 Å². The van der Waals surface area contributed by atoms with Gasteiger partial charge in [-0.3, -0.25) is 0 Å². The van der Waals surface area contributed by atoms with Crippen molar-refractivity contribution in [3.05, 3.63) is 30.3 Å². The number of nitrogens with zero attached hydrogens (tertiary/aromatic N) is 3. The van der Waals surface area contributed by atoms with E-state index in [-0.39, 0.29) is 12.4 Å². The highest BCUT2D eigenvalue weighted by Crippen LogP contribution is 2.31. The fourth-order valence-electron chi connectivity index (χ4n) is 3.78. The molecule has 7 heteroatoms. The number of anilines is 2. The maximum absolute atomic E-state index is 5.99. The molecular weight excluding hydrogens is 338 g/mol. The first kappa shape index (κ1) is 17.8. The van der Waals surface area contributed by atoms with E-state index in [0.29, 0.717) is 17.9 Å². The van der Waals surface area contributed by atoms with Crippen molar-refractivity contribution in [3.8, 4) is 17.0 Å². The van der Waals surface area contributed by atoms with Crippen LogP contribution in [0.25, 0.3) is 11.3 Å². The standard InChI is InChI=1S/C18H23N5O.ClH/c1-24-14-6-2-4-12(8-14)15-9-17(22-18(19)21-15)23-10-13-5-3-7-20-16(13)11-23;/h2,4,6,8-9,13,16,20H,3,5,7,10-11H2,1H3,(H2,19,21,22);1H/t13-,16+;/m1./s1. The highest BCUT2D eigenvalue weighted by atomic mass is 35.5. The normalized spacial score (nSPS) is 22.2. The number of rotatable bonds is 3. The van der Waals surface area contributed by atoms with E-state index in [1.807, 2.05) is 30.3 Å². The molecule has 2 fully saturated rings. The summed E-state index contributed by atoms with van der Waals surface area (Å²) in [6.07, 6.45) is 2.55. The highest BCUT2D eigenvalue weighted by molar-refractivity contribution is 5.85. The molecule has 0 amide bonds. The van der Waals surface area contributed by atoms with Crippen molar-refractivity contribution in [3.63, 3.8) is 0 Å². The molecule has 2 aliphatic heterocycles. The molecule has 0 saturated carbocycles. The first-order chi connectivity index (χ1) is 11.7. The summed E-state index contributed by atoms with van der Waals surface area (Å²) in [7, 11) is 1.66. The number of piperidine rings is 1. The second kappa shape index (κ2) is 7.45. The molecule has 3 N–H and O–H groups in total. The van der Waals surface area contributed by atoms with Crippen molar-refractivity contribution < 1.29 is 4.74 Å². The molecule has 0 unspecified atom stereocenters. The average Bonchev–Trinajstić information content (AvgIpc) is 3.05. The third kappa shape index (κ3) is 3.65. The summed E-state index contributed by atoms with van der Waals surface area (Å²) in [5, 5.41) is 3.62. The highest BCUT2D eigenvalue weighted by Gasteiger charge is 2.35. The van der Waals surface area contributed by atoms with Gasteiger partial charge in [-0.1, -0.05) is 12.1 Å². The molecular formula is C18H24ClN5O. The van der Waals surface area contributed by atoms with Crippen LogP contribution in [0.3, 0.4) is 0 Å². The van der Waals surface area contributed by atoms with Gasteiger partial charge in [0.2, 0.25) is 5.95 Å². The van der Waals surface area contributed by atoms with Crippen molar-refractivity contribution in [1.82, 2.24) is 15.3 Å². The third-order valence-corrected chi connectivity index (χ3v) is 5.02. The largest absolute Gasteiger partial charge is 0.497 e. The van der Waals surface area contributed by atoms with E-state index in [1.165, 1.54) is 12.8 Å². The molecule has 1 aromatic heterocycles. The van der Waals surface area contributed by atoms with E-state index in [4.69, 9.17) is 10.5 Å². The molecule has 134 valence electrons. The van der Waals surface area contributed by atoms with Gasteiger partial charge in [-0.05, 0) is 37.4 Å². The molecule has 4 rings (SSSR count). The lowest BCUT2D eigenvalue weighted by Crippen LogP contribution is -2.40. The smallest absolute Gasteiger partial charge is 0.222 e. The lowest BCUT2D eigenvalue weighted by Gasteiger charge is -2.24. The SMILES string of the molecule is COc1cccc(-c2cc(N3C[C@H]4CCCN[C@H]4C3)nc(N)n2)c1.Cl. The molecule has 0 bridgehead atoms. The lowest BCUT2D eigenvalue weighted by atomic mass is 9.94. The Hall–Kier alpha value is -2.05. The number of methoxy groups -OCH3 is 1. The van der Waals surface area contributed by atoms with Crippen molar-refractivity contribution in [1.29, 1.82) is 0 Å². The number of aromatic nitrogens is 2. The summed E-state index contributed by atoms with van der Waals surface area (Å²) in [6.45, 7) is 3.14. The number of ether oxygens (including phenoxy) is 1. The maximum Gasteiger partial charge on any atom is 0.222 e. The van der Waals surface area contributed by atoms with Crippen LogP contribution >= 0.6 is 12.4 Å². The minimum atomic E-state index is 0. The van der Waals surface area contributed by atoms with E-state index >= 15 is 0 Å². The zero-order chi connectivity index (χ0) is 16.5. The minimum absolute atomic E-state index is 0. The van der Waals surface area contributed by atoms with Gasteiger partial charge in [0.1, 0.15) is 11.6 Å². The lowest BCUT2D eigenvalue weighted by molar-refractivity contribution is 0.340. The Labute approximate surface area is 154 Å². The molecule has 2 aliphatic rings. The number of nitrogen functional groups attached to an aromatic ring is 1. The fraction of sp³-hybridized carbons (Fsp3) is 0.444. The van der Waals surface area contributed by atoms with E-state index in [0.717, 1.165) is 42.5 Å². The molecule has 25 heavy (non-hydrogen) atoms. The second-order valence-corrected chi connectivity index (χ2v) is 6.57. The van der Waals surface area contributed by atoms with Gasteiger partial charge < -0.3 is 20.7 Å². The second-order valence-electron chi connectivity index (χ2n) is 6.57. The summed E-state index contributed by atoms with van der Waals surface area (Å²) in [4.78, 5) is 11.2. The van der Waals surface area contributed by atoms with Crippen LogP contribution in [0.5, 0.6) is 5.75 Å². The first-order valence-electron chi connectivity index (χ1n) is 8.50. The number of hydrogen-bond donors (Lipinski definition) is 2. The summed E-state index contributed by atoms with van der Waals surface area (Å²) in [6, 6.07) is 10.5. The van der Waals surface area contributed by atoms with Crippen LogP contribution in [0.1, 0.15) is 12.8 Å². The first-order valence-corrected chi connectivity index (χ1v) is 8.50. The van der Waals surface area contributed by atoms with Crippen LogP contribution in [0.2, 0.25) is 0 Å². The molecule has 3 heterocycles. The van der Waals surface area contributed by atoms with Crippen LogP contribution in [0.4, 0.5) is 11.8 Å². The average molecular weight is 362 g/mol. The van der Waals surface area contributed by atoms with Gasteiger partial charge in [-0.25, -0.2) is 4.98 Å². The third-order valence-electron chi connectivity index (χ3n) is 5.02. The van der Waals surface area contributed by atoms with Gasteiger partial charge in [-0.2, -0.15) is 4.98 Å². The zero-order valence-corrected chi connectivity index (χ0v) is 15.1. The van der Waals surface area contributed by atoms with Crippen LogP contribution in [0.15, 0.2) is 30.3 Å². The summed E-state index contributed by atoms with van der Waals surface area (Å²) < 4.78 is 5.31. The number of nitrogens with two attached hydrogens (primary N) is 1. The van der Waals surface area contributed by atoms with Crippen molar-refractivity contribution in [2.45, 2.75) is 18.9 Å². The maximum atomic E-state index is 5.99. The van der Waals surface area contributed by atoms with Crippen molar-refractivity contribution in [2.24, 2.45) is 5.92 Å². The fourth-order valence-corrected chi connectivity index (χ4v) is 3.78. The molecule has 0 radical (unpaired) electrons. The van der Waals surface area contributed by atoms with Gasteiger partial charge in [0.25, 0.3) is 0 Å². The van der Waals surface area contributed by atoms with E-state index in [1.54, 1.807) is 7.11 Å². The predicted octanol–water partition coefficient (Wildman–Crippen LogP) is 2.34. The number of benzene rings is 1. The molecule has 0 spiro atoms. The van der Waals surface area contributed by atoms with Crippen molar-refractivity contribution >= 4 is 24.2 Å². The van der Waals surface area contributed by atoms with Gasteiger partial charge >= 0.3 is 0 Å².